The number of aromatic amines is 1. The first-order valence-corrected chi connectivity index (χ1v) is 10.8. The van der Waals surface area contributed by atoms with E-state index in [4.69, 9.17) is 4.74 Å². The summed E-state index contributed by atoms with van der Waals surface area (Å²) in [6.07, 6.45) is 1.91. The van der Waals surface area contributed by atoms with E-state index in [-0.39, 0.29) is 17.8 Å². The number of H-pyrrole nitrogens is 1. The fraction of sp³-hybridized carbons (Fsp3) is 0.440. The van der Waals surface area contributed by atoms with Gasteiger partial charge in [0.1, 0.15) is 5.82 Å². The first-order chi connectivity index (χ1) is 14.4. The van der Waals surface area contributed by atoms with E-state index in [1.54, 1.807) is 6.07 Å². The maximum absolute atomic E-state index is 14.0. The van der Waals surface area contributed by atoms with E-state index in [2.05, 4.69) is 28.1 Å². The number of para-hydroxylation sites is 1. The van der Waals surface area contributed by atoms with Crippen molar-refractivity contribution in [2.75, 3.05) is 27.2 Å². The van der Waals surface area contributed by atoms with Gasteiger partial charge in [-0.15, -0.1) is 0 Å². The third kappa shape index (κ3) is 3.89. The third-order valence-corrected chi connectivity index (χ3v) is 6.46. The van der Waals surface area contributed by atoms with Gasteiger partial charge in [0.2, 0.25) is 0 Å². The summed E-state index contributed by atoms with van der Waals surface area (Å²) in [5.74, 6) is -0.448. The largest absolute Gasteiger partial charge is 0.385 e. The van der Waals surface area contributed by atoms with E-state index < -0.39 is 5.60 Å². The number of fused-ring (bicyclic) bond motifs is 3. The summed E-state index contributed by atoms with van der Waals surface area (Å²) in [7, 11) is 4.01. The van der Waals surface area contributed by atoms with Crippen LogP contribution in [-0.4, -0.2) is 42.2 Å². The highest BCUT2D eigenvalue weighted by Gasteiger charge is 2.40. The molecule has 3 atom stereocenters. The first kappa shape index (κ1) is 21.0. The van der Waals surface area contributed by atoms with Gasteiger partial charge >= 0.3 is 0 Å². The number of rotatable bonds is 7. The summed E-state index contributed by atoms with van der Waals surface area (Å²) in [6, 6.07) is 14.7. The minimum absolute atomic E-state index is 0.123. The van der Waals surface area contributed by atoms with Gasteiger partial charge in [-0.1, -0.05) is 37.3 Å². The molecule has 0 bridgehead atoms. The summed E-state index contributed by atoms with van der Waals surface area (Å²) >= 11 is 0. The van der Waals surface area contributed by atoms with Crippen LogP contribution in [0.25, 0.3) is 10.9 Å². The summed E-state index contributed by atoms with van der Waals surface area (Å²) in [5, 5.41) is 13.0. The van der Waals surface area contributed by atoms with Gasteiger partial charge in [-0.2, -0.15) is 0 Å². The smallest absolute Gasteiger partial charge is 0.123 e. The lowest BCUT2D eigenvalue weighted by molar-refractivity contribution is -0.0689. The second-order valence-electron chi connectivity index (χ2n) is 8.66. The SMILES string of the molecule is CCC(O)(c1cccc(F)c1)C(CC1OCCc2c1[nH]c1ccccc21)CN(C)C. The molecule has 2 aromatic carbocycles. The van der Waals surface area contributed by atoms with Crippen molar-refractivity contribution in [3.63, 3.8) is 0 Å². The Morgan fingerprint density at radius 2 is 2.03 bits per heavy atom. The molecule has 30 heavy (non-hydrogen) atoms. The quantitative estimate of drug-likeness (QED) is 0.589. The predicted octanol–water partition coefficient (Wildman–Crippen LogP) is 4.79. The molecule has 0 radical (unpaired) electrons. The summed E-state index contributed by atoms with van der Waals surface area (Å²) in [5.41, 5.74) is 3.04. The normalized spacial score (nSPS) is 19.6. The van der Waals surface area contributed by atoms with Crippen molar-refractivity contribution in [2.24, 2.45) is 5.92 Å². The molecule has 3 unspecified atom stereocenters. The number of halogens is 1. The van der Waals surface area contributed by atoms with Gasteiger partial charge in [-0.05, 0) is 62.7 Å². The van der Waals surface area contributed by atoms with Crippen LogP contribution < -0.4 is 0 Å². The van der Waals surface area contributed by atoms with E-state index in [0.717, 1.165) is 17.6 Å². The summed E-state index contributed by atoms with van der Waals surface area (Å²) in [4.78, 5) is 5.65. The van der Waals surface area contributed by atoms with Crippen molar-refractivity contribution in [1.29, 1.82) is 0 Å². The third-order valence-electron chi connectivity index (χ3n) is 6.46. The molecule has 1 aliphatic heterocycles. The fourth-order valence-electron chi connectivity index (χ4n) is 4.94. The monoisotopic (exact) mass is 410 g/mol. The molecule has 2 N–H and O–H groups in total. The van der Waals surface area contributed by atoms with Crippen molar-refractivity contribution in [1.82, 2.24) is 9.88 Å². The molecule has 1 aliphatic rings. The Bertz CT molecular complexity index is 1020. The molecule has 4 rings (SSSR count). The maximum Gasteiger partial charge on any atom is 0.123 e. The fourth-order valence-corrected chi connectivity index (χ4v) is 4.94. The van der Waals surface area contributed by atoms with E-state index in [0.29, 0.717) is 31.6 Å². The minimum Gasteiger partial charge on any atom is -0.385 e. The molecule has 1 aromatic heterocycles. The van der Waals surface area contributed by atoms with Gasteiger partial charge < -0.3 is 19.7 Å². The molecular formula is C25H31FN2O2. The van der Waals surface area contributed by atoms with Gasteiger partial charge in [0, 0.05) is 29.1 Å². The number of nitrogens with one attached hydrogen (secondary N) is 1. The Hall–Kier alpha value is -2.21. The van der Waals surface area contributed by atoms with Crippen molar-refractivity contribution in [3.8, 4) is 0 Å². The minimum atomic E-state index is -1.14. The molecular weight excluding hydrogens is 379 g/mol. The van der Waals surface area contributed by atoms with Crippen LogP contribution in [-0.2, 0) is 16.8 Å². The zero-order valence-electron chi connectivity index (χ0n) is 18.0. The molecule has 0 aliphatic carbocycles. The number of benzene rings is 2. The molecule has 0 fully saturated rings. The highest BCUT2D eigenvalue weighted by atomic mass is 19.1. The van der Waals surface area contributed by atoms with Crippen LogP contribution in [0.3, 0.4) is 0 Å². The predicted molar refractivity (Wildman–Crippen MR) is 118 cm³/mol. The van der Waals surface area contributed by atoms with Crippen LogP contribution in [0.2, 0.25) is 0 Å². The number of nitrogens with zero attached hydrogens (tertiary/aromatic N) is 1. The van der Waals surface area contributed by atoms with E-state index in [1.807, 2.05) is 33.2 Å². The number of hydrogen-bond donors (Lipinski definition) is 2. The zero-order chi connectivity index (χ0) is 21.3. The number of hydrogen-bond acceptors (Lipinski definition) is 3. The molecule has 0 amide bonds. The van der Waals surface area contributed by atoms with Crippen molar-refractivity contribution in [3.05, 3.63) is 71.2 Å². The van der Waals surface area contributed by atoms with Gasteiger partial charge in [0.15, 0.2) is 0 Å². The van der Waals surface area contributed by atoms with E-state index >= 15 is 0 Å². The van der Waals surface area contributed by atoms with Crippen LogP contribution >= 0.6 is 0 Å². The molecule has 2 heterocycles. The van der Waals surface area contributed by atoms with Crippen molar-refractivity contribution in [2.45, 2.75) is 37.9 Å². The van der Waals surface area contributed by atoms with Gasteiger partial charge in [0.25, 0.3) is 0 Å². The Kier molecular flexibility index (Phi) is 5.96. The second kappa shape index (κ2) is 8.50. The number of ether oxygens (including phenoxy) is 1. The highest BCUT2D eigenvalue weighted by molar-refractivity contribution is 5.85. The topological polar surface area (TPSA) is 48.5 Å². The molecule has 3 aromatic rings. The zero-order valence-corrected chi connectivity index (χ0v) is 18.0. The van der Waals surface area contributed by atoms with E-state index in [1.165, 1.54) is 23.1 Å². The average molecular weight is 411 g/mol. The lowest BCUT2D eigenvalue weighted by Crippen LogP contribution is -2.42. The molecule has 160 valence electrons. The Morgan fingerprint density at radius 1 is 1.23 bits per heavy atom. The maximum atomic E-state index is 14.0. The molecule has 0 saturated carbocycles. The van der Waals surface area contributed by atoms with Gasteiger partial charge in [0.05, 0.1) is 18.3 Å². The van der Waals surface area contributed by atoms with Crippen molar-refractivity contribution >= 4 is 10.9 Å². The van der Waals surface area contributed by atoms with Crippen LogP contribution in [0.4, 0.5) is 4.39 Å². The van der Waals surface area contributed by atoms with Gasteiger partial charge in [-0.3, -0.25) is 0 Å². The lowest BCUT2D eigenvalue weighted by Gasteiger charge is -2.40. The Labute approximate surface area is 177 Å². The van der Waals surface area contributed by atoms with Gasteiger partial charge in [-0.25, -0.2) is 4.39 Å². The lowest BCUT2D eigenvalue weighted by atomic mass is 9.75. The Balaban J connectivity index is 1.71. The second-order valence-corrected chi connectivity index (χ2v) is 8.66. The first-order valence-electron chi connectivity index (χ1n) is 10.8. The van der Waals surface area contributed by atoms with Crippen molar-refractivity contribution < 1.29 is 14.2 Å². The summed E-state index contributed by atoms with van der Waals surface area (Å²) < 4.78 is 20.2. The van der Waals surface area contributed by atoms with E-state index in [9.17, 15) is 9.50 Å². The van der Waals surface area contributed by atoms with Crippen LogP contribution in [0.1, 0.15) is 42.7 Å². The van der Waals surface area contributed by atoms with Crippen LogP contribution in [0.5, 0.6) is 0 Å². The molecule has 5 heteroatoms. The Morgan fingerprint density at radius 3 is 2.77 bits per heavy atom. The summed E-state index contributed by atoms with van der Waals surface area (Å²) in [6.45, 7) is 3.30. The van der Waals surface area contributed by atoms with Crippen LogP contribution in [0.15, 0.2) is 48.5 Å². The molecule has 0 spiro atoms. The standard InChI is InChI=1S/C25H31FN2O2/c1-4-25(29,17-8-7-9-19(26)14-17)18(16-28(2)3)15-23-24-21(12-13-30-23)20-10-5-6-11-22(20)27-24/h5-11,14,18,23,27,29H,4,12-13,15-16H2,1-3H3. The highest BCUT2D eigenvalue weighted by Crippen LogP contribution is 2.42. The number of aliphatic hydroxyl groups is 1. The molecule has 0 saturated heterocycles. The average Bonchev–Trinajstić information content (AvgIpc) is 3.12. The van der Waals surface area contributed by atoms with Crippen LogP contribution in [0, 0.1) is 11.7 Å². The molecule has 4 nitrogen and oxygen atoms in total. The number of aromatic nitrogens is 1.